The summed E-state index contributed by atoms with van der Waals surface area (Å²) in [6.07, 6.45) is 0. The van der Waals surface area contributed by atoms with Gasteiger partial charge in [0, 0.05) is 22.2 Å². The zero-order valence-corrected chi connectivity index (χ0v) is 19.3. The van der Waals surface area contributed by atoms with E-state index in [9.17, 15) is 9.59 Å². The van der Waals surface area contributed by atoms with Crippen LogP contribution in [0.5, 0.6) is 11.5 Å². The zero-order chi connectivity index (χ0) is 23.1. The lowest BCUT2D eigenvalue weighted by Gasteiger charge is -2.15. The molecule has 0 aliphatic heterocycles. The van der Waals surface area contributed by atoms with Gasteiger partial charge in [0.25, 0.3) is 5.91 Å². The lowest BCUT2D eigenvalue weighted by molar-refractivity contribution is -0.115. The minimum Gasteiger partial charge on any atom is -0.497 e. The molecule has 7 heteroatoms. The summed E-state index contributed by atoms with van der Waals surface area (Å²) in [5.41, 5.74) is 2.79. The quantitative estimate of drug-likeness (QED) is 0.451. The Hall–Kier alpha value is -3.45. The number of rotatable bonds is 8. The number of carbonyl (C=O) groups is 2. The maximum atomic E-state index is 12.7. The molecule has 0 aliphatic carbocycles. The summed E-state index contributed by atoms with van der Waals surface area (Å²) in [7, 11) is 3.11. The SMILES string of the molecule is COc1ccc(NC(=O)C(C)Sc2cccc(NC(=O)c3ccccc3C)c2)c(OC)c1. The van der Waals surface area contributed by atoms with E-state index in [1.54, 1.807) is 38.5 Å². The Kier molecular flexibility index (Phi) is 7.78. The second-order valence-electron chi connectivity index (χ2n) is 7.11. The molecule has 32 heavy (non-hydrogen) atoms. The smallest absolute Gasteiger partial charge is 0.255 e. The lowest BCUT2D eigenvalue weighted by Crippen LogP contribution is -2.22. The number of hydrogen-bond donors (Lipinski definition) is 2. The van der Waals surface area contributed by atoms with Gasteiger partial charge in [0.1, 0.15) is 11.5 Å². The summed E-state index contributed by atoms with van der Waals surface area (Å²) < 4.78 is 10.5. The Morgan fingerprint density at radius 2 is 1.69 bits per heavy atom. The molecule has 0 radical (unpaired) electrons. The van der Waals surface area contributed by atoms with Crippen molar-refractivity contribution < 1.29 is 19.1 Å². The first-order chi connectivity index (χ1) is 15.4. The molecule has 0 spiro atoms. The average Bonchev–Trinajstić information content (AvgIpc) is 2.79. The molecular formula is C25H26N2O4S. The van der Waals surface area contributed by atoms with Crippen molar-refractivity contribution in [3.05, 3.63) is 77.9 Å². The molecule has 6 nitrogen and oxygen atoms in total. The van der Waals surface area contributed by atoms with Crippen molar-refractivity contribution in [1.82, 2.24) is 0 Å². The van der Waals surface area contributed by atoms with Crippen molar-refractivity contribution in [2.45, 2.75) is 24.0 Å². The van der Waals surface area contributed by atoms with Crippen LogP contribution in [0.2, 0.25) is 0 Å². The van der Waals surface area contributed by atoms with Crippen LogP contribution in [-0.2, 0) is 4.79 Å². The van der Waals surface area contributed by atoms with Crippen molar-refractivity contribution >= 4 is 35.0 Å². The standard InChI is InChI=1S/C25H26N2O4S/c1-16-8-5-6-11-21(16)25(29)26-18-9-7-10-20(14-18)32-17(2)24(28)27-22-13-12-19(30-3)15-23(22)31-4/h5-15,17H,1-4H3,(H,26,29)(H,27,28). The maximum absolute atomic E-state index is 12.7. The number of hydrogen-bond acceptors (Lipinski definition) is 5. The van der Waals surface area contributed by atoms with E-state index in [4.69, 9.17) is 9.47 Å². The Morgan fingerprint density at radius 1 is 0.906 bits per heavy atom. The first-order valence-electron chi connectivity index (χ1n) is 10.1. The van der Waals surface area contributed by atoms with Gasteiger partial charge in [0.15, 0.2) is 0 Å². The molecule has 0 aromatic heterocycles. The molecule has 0 saturated heterocycles. The van der Waals surface area contributed by atoms with Crippen LogP contribution < -0.4 is 20.1 Å². The third-order valence-corrected chi connectivity index (χ3v) is 5.92. The van der Waals surface area contributed by atoms with Gasteiger partial charge in [0.05, 0.1) is 25.2 Å². The van der Waals surface area contributed by atoms with Crippen LogP contribution >= 0.6 is 11.8 Å². The monoisotopic (exact) mass is 450 g/mol. The molecule has 0 saturated carbocycles. The molecule has 0 fully saturated rings. The normalized spacial score (nSPS) is 11.4. The van der Waals surface area contributed by atoms with Crippen molar-refractivity contribution in [3.8, 4) is 11.5 Å². The first-order valence-corrected chi connectivity index (χ1v) is 11.0. The van der Waals surface area contributed by atoms with Gasteiger partial charge in [-0.1, -0.05) is 24.3 Å². The number of ether oxygens (including phenoxy) is 2. The Bertz CT molecular complexity index is 1120. The molecule has 0 heterocycles. The topological polar surface area (TPSA) is 76.7 Å². The molecule has 166 valence electrons. The van der Waals surface area contributed by atoms with Crippen LogP contribution in [0.4, 0.5) is 11.4 Å². The van der Waals surface area contributed by atoms with Gasteiger partial charge in [-0.3, -0.25) is 9.59 Å². The van der Waals surface area contributed by atoms with Gasteiger partial charge in [-0.15, -0.1) is 11.8 Å². The molecule has 1 atom stereocenters. The fraction of sp³-hybridized carbons (Fsp3) is 0.200. The van der Waals surface area contributed by atoms with Gasteiger partial charge in [-0.2, -0.15) is 0 Å². The highest BCUT2D eigenvalue weighted by atomic mass is 32.2. The highest BCUT2D eigenvalue weighted by Gasteiger charge is 2.17. The number of nitrogens with one attached hydrogen (secondary N) is 2. The number of amides is 2. The summed E-state index contributed by atoms with van der Waals surface area (Å²) in [4.78, 5) is 26.2. The second-order valence-corrected chi connectivity index (χ2v) is 8.53. The summed E-state index contributed by atoms with van der Waals surface area (Å²) in [5.74, 6) is 0.845. The molecule has 2 amide bonds. The van der Waals surface area contributed by atoms with E-state index in [1.807, 2.05) is 56.3 Å². The first kappa shape index (κ1) is 23.2. The second kappa shape index (κ2) is 10.7. The third kappa shape index (κ3) is 5.82. The van der Waals surface area contributed by atoms with Crippen molar-refractivity contribution in [2.24, 2.45) is 0 Å². The fourth-order valence-corrected chi connectivity index (χ4v) is 3.99. The van der Waals surface area contributed by atoms with Gasteiger partial charge in [-0.25, -0.2) is 0 Å². The molecule has 0 bridgehead atoms. The summed E-state index contributed by atoms with van der Waals surface area (Å²) in [6.45, 7) is 3.73. The lowest BCUT2D eigenvalue weighted by atomic mass is 10.1. The number of methoxy groups -OCH3 is 2. The largest absolute Gasteiger partial charge is 0.497 e. The number of carbonyl (C=O) groups excluding carboxylic acids is 2. The van der Waals surface area contributed by atoms with E-state index in [-0.39, 0.29) is 17.1 Å². The van der Waals surface area contributed by atoms with Crippen LogP contribution in [0.3, 0.4) is 0 Å². The zero-order valence-electron chi connectivity index (χ0n) is 18.5. The molecule has 1 unspecified atom stereocenters. The number of aryl methyl sites for hydroxylation is 1. The van der Waals surface area contributed by atoms with E-state index in [2.05, 4.69) is 10.6 Å². The summed E-state index contributed by atoms with van der Waals surface area (Å²) in [6, 6.07) is 20.1. The highest BCUT2D eigenvalue weighted by molar-refractivity contribution is 8.00. The molecule has 3 aromatic rings. The molecule has 3 rings (SSSR count). The maximum Gasteiger partial charge on any atom is 0.255 e. The van der Waals surface area contributed by atoms with Crippen LogP contribution in [0, 0.1) is 6.92 Å². The minimum absolute atomic E-state index is 0.159. The molecular weight excluding hydrogens is 424 g/mol. The van der Waals surface area contributed by atoms with E-state index < -0.39 is 0 Å². The Morgan fingerprint density at radius 3 is 2.41 bits per heavy atom. The summed E-state index contributed by atoms with van der Waals surface area (Å²) >= 11 is 1.40. The molecule has 2 N–H and O–H groups in total. The number of thioether (sulfide) groups is 1. The van der Waals surface area contributed by atoms with Gasteiger partial charge in [0.2, 0.25) is 5.91 Å². The van der Waals surface area contributed by atoms with Crippen molar-refractivity contribution in [1.29, 1.82) is 0 Å². The Labute approximate surface area is 192 Å². The predicted octanol–water partition coefficient (Wildman–Crippen LogP) is 5.38. The fourth-order valence-electron chi connectivity index (χ4n) is 3.07. The van der Waals surface area contributed by atoms with Crippen molar-refractivity contribution in [3.63, 3.8) is 0 Å². The molecule has 0 aliphatic rings. The highest BCUT2D eigenvalue weighted by Crippen LogP contribution is 2.31. The Balaban J connectivity index is 1.65. The number of anilines is 2. The van der Waals surface area contributed by atoms with Gasteiger partial charge < -0.3 is 20.1 Å². The average molecular weight is 451 g/mol. The van der Waals surface area contributed by atoms with Crippen LogP contribution in [-0.4, -0.2) is 31.3 Å². The van der Waals surface area contributed by atoms with E-state index in [1.165, 1.54) is 11.8 Å². The van der Waals surface area contributed by atoms with Gasteiger partial charge >= 0.3 is 0 Å². The minimum atomic E-state index is -0.371. The van der Waals surface area contributed by atoms with Gasteiger partial charge in [-0.05, 0) is 55.8 Å². The van der Waals surface area contributed by atoms with E-state index in [0.717, 1.165) is 10.5 Å². The van der Waals surface area contributed by atoms with Crippen LogP contribution in [0.15, 0.2) is 71.6 Å². The molecule has 3 aromatic carbocycles. The number of benzene rings is 3. The van der Waals surface area contributed by atoms with Crippen LogP contribution in [0.1, 0.15) is 22.8 Å². The van der Waals surface area contributed by atoms with E-state index >= 15 is 0 Å². The summed E-state index contributed by atoms with van der Waals surface area (Å²) in [5, 5.41) is 5.45. The predicted molar refractivity (Wildman–Crippen MR) is 129 cm³/mol. The third-order valence-electron chi connectivity index (χ3n) is 4.83. The van der Waals surface area contributed by atoms with Crippen LogP contribution in [0.25, 0.3) is 0 Å². The van der Waals surface area contributed by atoms with Crippen molar-refractivity contribution in [2.75, 3.05) is 24.9 Å². The van der Waals surface area contributed by atoms with E-state index in [0.29, 0.717) is 28.4 Å².